The van der Waals surface area contributed by atoms with Gasteiger partial charge in [0, 0.05) is 13.1 Å². The number of amides is 1. The number of hydroxylamine groups is 1. The fraction of sp³-hybridized carbons (Fsp3) is 0.381. The van der Waals surface area contributed by atoms with Gasteiger partial charge in [0.05, 0.1) is 35.6 Å². The molecule has 36 heavy (non-hydrogen) atoms. The van der Waals surface area contributed by atoms with Crippen LogP contribution in [0.1, 0.15) is 5.56 Å². The Kier molecular flexibility index (Phi) is 8.17. The van der Waals surface area contributed by atoms with Gasteiger partial charge in [0.25, 0.3) is 5.91 Å². The van der Waals surface area contributed by atoms with E-state index in [0.717, 1.165) is 34.8 Å². The predicted octanol–water partition coefficient (Wildman–Crippen LogP) is 1.87. The molecule has 2 aromatic rings. The first kappa shape index (κ1) is 27.7. The van der Waals surface area contributed by atoms with Gasteiger partial charge in [-0.05, 0) is 48.5 Å². The zero-order chi connectivity index (χ0) is 26.7. The molecule has 0 aromatic heterocycles. The lowest BCUT2D eigenvalue weighted by molar-refractivity contribution is -0.137. The number of halogens is 3. The van der Waals surface area contributed by atoms with E-state index in [1.165, 1.54) is 34.6 Å². The van der Waals surface area contributed by atoms with E-state index >= 15 is 0 Å². The number of carbonyl (C=O) groups is 1. The van der Waals surface area contributed by atoms with Crippen molar-refractivity contribution in [3.05, 3.63) is 54.1 Å². The number of nitrogens with one attached hydrogen (secondary N) is 1. The van der Waals surface area contributed by atoms with Crippen LogP contribution in [0.15, 0.2) is 48.5 Å². The minimum Gasteiger partial charge on any atom is -0.457 e. The molecule has 0 aliphatic carbocycles. The van der Waals surface area contributed by atoms with E-state index in [0.29, 0.717) is 0 Å². The van der Waals surface area contributed by atoms with Crippen molar-refractivity contribution in [3.63, 3.8) is 0 Å². The van der Waals surface area contributed by atoms with Crippen molar-refractivity contribution in [2.45, 2.75) is 12.2 Å². The molecule has 15 heteroatoms. The molecule has 1 atom stereocenters. The molecule has 1 aliphatic heterocycles. The molecule has 1 heterocycles. The van der Waals surface area contributed by atoms with Gasteiger partial charge in [0.1, 0.15) is 17.5 Å². The lowest BCUT2D eigenvalue weighted by Crippen LogP contribution is -2.57. The Morgan fingerprint density at radius 2 is 1.58 bits per heavy atom. The molecule has 1 fully saturated rings. The van der Waals surface area contributed by atoms with Gasteiger partial charge in [0.15, 0.2) is 9.84 Å². The zero-order valence-electron chi connectivity index (χ0n) is 19.0. The molecule has 2 aromatic carbocycles. The SMILES string of the molecule is CS(=O)(=O)N(CC(C(=O)NO)N1CCS(=O)(=O)CC1)c1ccc(Oc2ccc(C(F)(F)F)cc2)cc1. The quantitative estimate of drug-likeness (QED) is 0.375. The minimum absolute atomic E-state index is 0.0159. The number of sulfonamides is 1. The normalized spacial score (nSPS) is 17.2. The van der Waals surface area contributed by atoms with Crippen molar-refractivity contribution in [2.75, 3.05) is 41.7 Å². The highest BCUT2D eigenvalue weighted by Gasteiger charge is 2.35. The first-order valence-corrected chi connectivity index (χ1v) is 14.2. The number of ether oxygens (including phenoxy) is 1. The largest absolute Gasteiger partial charge is 0.457 e. The van der Waals surface area contributed by atoms with Crippen LogP contribution in [0.2, 0.25) is 0 Å². The number of hydrogen-bond acceptors (Lipinski definition) is 8. The van der Waals surface area contributed by atoms with Gasteiger partial charge >= 0.3 is 6.18 Å². The lowest BCUT2D eigenvalue weighted by Gasteiger charge is -2.35. The van der Waals surface area contributed by atoms with E-state index in [1.54, 1.807) is 0 Å². The molecule has 10 nitrogen and oxygen atoms in total. The van der Waals surface area contributed by atoms with E-state index < -0.39 is 50.1 Å². The van der Waals surface area contributed by atoms with Crippen LogP contribution in [-0.4, -0.2) is 76.3 Å². The maximum atomic E-state index is 12.7. The summed E-state index contributed by atoms with van der Waals surface area (Å²) < 4.78 is 93.2. The summed E-state index contributed by atoms with van der Waals surface area (Å²) in [4.78, 5) is 13.8. The third-order valence-corrected chi connectivity index (χ3v) is 8.28. The van der Waals surface area contributed by atoms with Crippen LogP contribution in [0.3, 0.4) is 0 Å². The van der Waals surface area contributed by atoms with E-state index in [2.05, 4.69) is 0 Å². The Morgan fingerprint density at radius 3 is 2.03 bits per heavy atom. The maximum absolute atomic E-state index is 12.7. The second-order valence-electron chi connectivity index (χ2n) is 8.09. The first-order valence-electron chi connectivity index (χ1n) is 10.5. The molecule has 3 rings (SSSR count). The summed E-state index contributed by atoms with van der Waals surface area (Å²) in [6.45, 7) is -0.444. The van der Waals surface area contributed by atoms with Crippen LogP contribution >= 0.6 is 0 Å². The second kappa shape index (κ2) is 10.6. The summed E-state index contributed by atoms with van der Waals surface area (Å²) in [6, 6.07) is 8.43. The average Bonchev–Trinajstić information content (AvgIpc) is 2.79. The molecule has 2 N–H and O–H groups in total. The van der Waals surface area contributed by atoms with Crippen LogP contribution in [0.4, 0.5) is 18.9 Å². The highest BCUT2D eigenvalue weighted by Crippen LogP contribution is 2.32. The fourth-order valence-corrected chi connectivity index (χ4v) is 5.74. The molecular weight excluding hydrogens is 527 g/mol. The van der Waals surface area contributed by atoms with Gasteiger partial charge in [-0.3, -0.25) is 19.2 Å². The van der Waals surface area contributed by atoms with Gasteiger partial charge in [-0.15, -0.1) is 0 Å². The lowest BCUT2D eigenvalue weighted by atomic mass is 10.2. The number of alkyl halides is 3. The van der Waals surface area contributed by atoms with Crippen LogP contribution in [0.25, 0.3) is 0 Å². The molecule has 1 aliphatic rings. The van der Waals surface area contributed by atoms with Crippen molar-refractivity contribution < 1.29 is 44.7 Å². The van der Waals surface area contributed by atoms with E-state index in [9.17, 15) is 40.0 Å². The van der Waals surface area contributed by atoms with Crippen molar-refractivity contribution in [1.82, 2.24) is 10.4 Å². The minimum atomic E-state index is -4.48. The topological polar surface area (TPSA) is 133 Å². The van der Waals surface area contributed by atoms with Gasteiger partial charge < -0.3 is 4.74 Å². The zero-order valence-corrected chi connectivity index (χ0v) is 20.6. The molecule has 198 valence electrons. The summed E-state index contributed by atoms with van der Waals surface area (Å²) in [6.07, 6.45) is -3.56. The Balaban J connectivity index is 1.79. The van der Waals surface area contributed by atoms with Crippen LogP contribution in [0.5, 0.6) is 11.5 Å². The number of sulfone groups is 1. The summed E-state index contributed by atoms with van der Waals surface area (Å²) in [5.41, 5.74) is 0.818. The number of carbonyl (C=O) groups excluding carboxylic acids is 1. The standard InChI is InChI=1S/C21H24F3N3O7S2/c1-35(30,31)27(14-19(20(28)25-29)26-10-12-36(32,33)13-11-26)16-4-8-18(9-5-16)34-17-6-2-15(3-7-17)21(22,23)24/h2-9,19,29H,10-14H2,1H3,(H,25,28). The number of hydrogen-bond donors (Lipinski definition) is 2. The summed E-state index contributed by atoms with van der Waals surface area (Å²) in [7, 11) is -7.20. The Hall–Kier alpha value is -2.88. The van der Waals surface area contributed by atoms with Gasteiger partial charge in [0.2, 0.25) is 10.0 Å². The number of anilines is 1. The third kappa shape index (κ3) is 7.09. The van der Waals surface area contributed by atoms with Crippen LogP contribution in [-0.2, 0) is 30.8 Å². The van der Waals surface area contributed by atoms with Crippen molar-refractivity contribution in [1.29, 1.82) is 0 Å². The average molecular weight is 552 g/mol. The van der Waals surface area contributed by atoms with Crippen LogP contribution in [0, 0.1) is 0 Å². The smallest absolute Gasteiger partial charge is 0.416 e. The van der Waals surface area contributed by atoms with Gasteiger partial charge in [-0.25, -0.2) is 22.3 Å². The number of nitrogens with zero attached hydrogens (tertiary/aromatic N) is 2. The highest BCUT2D eigenvalue weighted by molar-refractivity contribution is 7.92. The van der Waals surface area contributed by atoms with Crippen molar-refractivity contribution >= 4 is 31.5 Å². The Morgan fingerprint density at radius 1 is 1.08 bits per heavy atom. The predicted molar refractivity (Wildman–Crippen MR) is 124 cm³/mol. The number of benzene rings is 2. The molecule has 1 unspecified atom stereocenters. The molecule has 1 amide bonds. The van der Waals surface area contributed by atoms with Crippen molar-refractivity contribution in [2.24, 2.45) is 0 Å². The summed E-state index contributed by atoms with van der Waals surface area (Å²) in [5.74, 6) is -0.966. The first-order chi connectivity index (χ1) is 16.7. The molecule has 0 radical (unpaired) electrons. The number of rotatable bonds is 8. The van der Waals surface area contributed by atoms with E-state index in [-0.39, 0.29) is 41.8 Å². The Labute approximate surface area is 206 Å². The Bertz CT molecular complexity index is 1270. The third-order valence-electron chi connectivity index (χ3n) is 5.51. The summed E-state index contributed by atoms with van der Waals surface area (Å²) >= 11 is 0. The second-order valence-corrected chi connectivity index (χ2v) is 12.3. The molecule has 0 bridgehead atoms. The highest BCUT2D eigenvalue weighted by atomic mass is 32.2. The van der Waals surface area contributed by atoms with E-state index in [1.807, 2.05) is 0 Å². The maximum Gasteiger partial charge on any atom is 0.416 e. The summed E-state index contributed by atoms with van der Waals surface area (Å²) in [5, 5.41) is 9.17. The molecule has 1 saturated heterocycles. The molecule has 0 saturated carbocycles. The van der Waals surface area contributed by atoms with E-state index in [4.69, 9.17) is 4.74 Å². The van der Waals surface area contributed by atoms with Gasteiger partial charge in [-0.2, -0.15) is 13.2 Å². The monoisotopic (exact) mass is 551 g/mol. The molecule has 0 spiro atoms. The van der Waals surface area contributed by atoms with Gasteiger partial charge in [-0.1, -0.05) is 0 Å². The van der Waals surface area contributed by atoms with Crippen LogP contribution < -0.4 is 14.5 Å². The van der Waals surface area contributed by atoms with Crippen molar-refractivity contribution in [3.8, 4) is 11.5 Å². The fourth-order valence-electron chi connectivity index (χ4n) is 3.59. The molecular formula is C21H24F3N3O7S2.